The zero-order chi connectivity index (χ0) is 23.4. The van der Waals surface area contributed by atoms with E-state index in [4.69, 9.17) is 10.00 Å². The molecule has 0 amide bonds. The average Bonchev–Trinajstić information content (AvgIpc) is 2.82. The first-order valence-corrected chi connectivity index (χ1v) is 13.1. The van der Waals surface area contributed by atoms with Gasteiger partial charge in [-0.2, -0.15) is 5.26 Å². The molecule has 0 aromatic heterocycles. The van der Waals surface area contributed by atoms with Crippen LogP contribution in [-0.2, 0) is 4.79 Å². The molecule has 0 aliphatic heterocycles. The van der Waals surface area contributed by atoms with E-state index >= 15 is 0 Å². The summed E-state index contributed by atoms with van der Waals surface area (Å²) in [4.78, 5) is 13.0. The number of fused-ring (bicyclic) bond motifs is 1. The predicted octanol–water partition coefficient (Wildman–Crippen LogP) is 7.57. The van der Waals surface area contributed by atoms with Gasteiger partial charge in [-0.05, 0) is 68.1 Å². The maximum absolute atomic E-state index is 13.9. The van der Waals surface area contributed by atoms with Crippen LogP contribution in [0.25, 0.3) is 0 Å². The Morgan fingerprint density at radius 3 is 2.36 bits per heavy atom. The first-order chi connectivity index (χ1) is 16.0. The van der Waals surface area contributed by atoms with Gasteiger partial charge in [-0.25, -0.2) is 8.78 Å². The summed E-state index contributed by atoms with van der Waals surface area (Å²) in [6, 6.07) is 3.37. The highest BCUT2D eigenvalue weighted by Gasteiger charge is 2.43. The van der Waals surface area contributed by atoms with E-state index in [0.29, 0.717) is 11.8 Å². The molecule has 3 aliphatic rings. The van der Waals surface area contributed by atoms with Crippen molar-refractivity contribution in [3.05, 3.63) is 29.3 Å². The molecule has 4 unspecified atom stereocenters. The van der Waals surface area contributed by atoms with E-state index in [1.165, 1.54) is 70.3 Å². The lowest BCUT2D eigenvalue weighted by Crippen LogP contribution is -2.40. The minimum atomic E-state index is -0.994. The number of nitriles is 1. The van der Waals surface area contributed by atoms with Crippen molar-refractivity contribution in [3.8, 4) is 11.8 Å². The van der Waals surface area contributed by atoms with Crippen molar-refractivity contribution in [2.45, 2.75) is 90.4 Å². The third-order valence-corrected chi connectivity index (χ3v) is 8.86. The summed E-state index contributed by atoms with van der Waals surface area (Å²) in [5.74, 6) is 0.736. The number of benzene rings is 1. The Hall–Kier alpha value is -1.96. The van der Waals surface area contributed by atoms with Gasteiger partial charge in [0.2, 0.25) is 0 Å². The van der Waals surface area contributed by atoms with E-state index in [0.717, 1.165) is 49.1 Å². The van der Waals surface area contributed by atoms with Crippen LogP contribution in [-0.4, -0.2) is 5.97 Å². The summed E-state index contributed by atoms with van der Waals surface area (Å²) in [5, 5.41) is 8.83. The maximum atomic E-state index is 13.9. The Kier molecular flexibility index (Phi) is 8.04. The van der Waals surface area contributed by atoms with Crippen LogP contribution >= 0.6 is 0 Å². The van der Waals surface area contributed by atoms with Crippen LogP contribution in [0.15, 0.2) is 12.1 Å². The number of rotatable bonds is 6. The molecule has 1 aromatic carbocycles. The van der Waals surface area contributed by atoms with Gasteiger partial charge in [0.1, 0.15) is 29.0 Å². The lowest BCUT2D eigenvalue weighted by Gasteiger charge is -2.46. The van der Waals surface area contributed by atoms with Crippen molar-refractivity contribution in [1.29, 1.82) is 5.26 Å². The largest absolute Gasteiger partial charge is 0.426 e. The van der Waals surface area contributed by atoms with Gasteiger partial charge in [0.25, 0.3) is 0 Å². The maximum Gasteiger partial charge on any atom is 0.314 e. The number of carbonyl (C=O) groups excluding carboxylic acids is 1. The van der Waals surface area contributed by atoms with Crippen molar-refractivity contribution in [2.75, 3.05) is 0 Å². The number of ether oxygens (including phenoxy) is 1. The van der Waals surface area contributed by atoms with Crippen LogP contribution in [0.2, 0.25) is 0 Å². The molecule has 0 spiro atoms. The van der Waals surface area contributed by atoms with Crippen LogP contribution in [0.4, 0.5) is 8.78 Å². The zero-order valence-electron chi connectivity index (χ0n) is 19.8. The van der Waals surface area contributed by atoms with Crippen molar-refractivity contribution < 1.29 is 18.3 Å². The van der Waals surface area contributed by atoms with Crippen LogP contribution in [0.5, 0.6) is 5.75 Å². The molecular weight excluding hydrogens is 420 g/mol. The Bertz CT molecular complexity index is 848. The molecule has 3 saturated carbocycles. The quantitative estimate of drug-likeness (QED) is 0.327. The highest BCUT2D eigenvalue weighted by atomic mass is 19.1. The van der Waals surface area contributed by atoms with Crippen molar-refractivity contribution in [2.24, 2.45) is 35.5 Å². The average molecular weight is 458 g/mol. The first-order valence-electron chi connectivity index (χ1n) is 13.1. The van der Waals surface area contributed by atoms with Gasteiger partial charge in [-0.15, -0.1) is 0 Å². The summed E-state index contributed by atoms with van der Waals surface area (Å²) in [6.07, 6.45) is 16.0. The normalized spacial score (nSPS) is 31.9. The molecule has 1 aromatic rings. The van der Waals surface area contributed by atoms with Crippen LogP contribution in [0.1, 0.15) is 96.0 Å². The third kappa shape index (κ3) is 5.58. The second-order valence-electron chi connectivity index (χ2n) is 10.8. The van der Waals surface area contributed by atoms with Crippen molar-refractivity contribution >= 4 is 5.97 Å². The Labute approximate surface area is 196 Å². The number of unbranched alkanes of at least 4 members (excludes halogenated alkanes) is 1. The summed E-state index contributed by atoms with van der Waals surface area (Å²) in [7, 11) is 0. The third-order valence-electron chi connectivity index (χ3n) is 8.86. The summed E-state index contributed by atoms with van der Waals surface area (Å²) in [5.41, 5.74) is -0.648. The molecule has 4 rings (SSSR count). The molecule has 3 nitrogen and oxygen atoms in total. The Morgan fingerprint density at radius 2 is 1.70 bits per heavy atom. The molecule has 3 aliphatic carbocycles. The molecule has 0 bridgehead atoms. The number of halogens is 2. The highest BCUT2D eigenvalue weighted by Crippen LogP contribution is 2.50. The fourth-order valence-corrected chi connectivity index (χ4v) is 7.07. The molecule has 3 fully saturated rings. The molecule has 33 heavy (non-hydrogen) atoms. The minimum absolute atomic E-state index is 0.148. The molecule has 0 saturated heterocycles. The Morgan fingerprint density at radius 1 is 1.00 bits per heavy atom. The highest BCUT2D eigenvalue weighted by molar-refractivity contribution is 5.75. The van der Waals surface area contributed by atoms with E-state index < -0.39 is 17.2 Å². The molecule has 180 valence electrons. The van der Waals surface area contributed by atoms with E-state index in [9.17, 15) is 13.6 Å². The number of hydrogen-bond donors (Lipinski definition) is 0. The Balaban J connectivity index is 1.33. The molecule has 0 radical (unpaired) electrons. The number of nitrogens with zero attached hydrogens (tertiary/aromatic N) is 1. The van der Waals surface area contributed by atoms with E-state index in [-0.39, 0.29) is 17.6 Å². The molecule has 4 atom stereocenters. The first kappa shape index (κ1) is 24.2. The van der Waals surface area contributed by atoms with Crippen molar-refractivity contribution in [1.82, 2.24) is 0 Å². The smallest absolute Gasteiger partial charge is 0.314 e. The van der Waals surface area contributed by atoms with E-state index in [1.807, 2.05) is 0 Å². The van der Waals surface area contributed by atoms with Crippen LogP contribution in [0, 0.1) is 58.5 Å². The predicted molar refractivity (Wildman–Crippen MR) is 123 cm³/mol. The number of hydrogen-bond acceptors (Lipinski definition) is 3. The molecule has 5 heteroatoms. The van der Waals surface area contributed by atoms with Crippen molar-refractivity contribution in [3.63, 3.8) is 0 Å². The fourth-order valence-electron chi connectivity index (χ4n) is 7.07. The van der Waals surface area contributed by atoms with Crippen LogP contribution < -0.4 is 4.74 Å². The van der Waals surface area contributed by atoms with Gasteiger partial charge in [0.15, 0.2) is 0 Å². The summed E-state index contributed by atoms with van der Waals surface area (Å²) in [6.45, 7) is 2.28. The fraction of sp³-hybridized carbons (Fsp3) is 0.714. The summed E-state index contributed by atoms with van der Waals surface area (Å²) >= 11 is 0. The van der Waals surface area contributed by atoms with Gasteiger partial charge in [-0.3, -0.25) is 4.79 Å². The van der Waals surface area contributed by atoms with Gasteiger partial charge < -0.3 is 4.74 Å². The van der Waals surface area contributed by atoms with Crippen LogP contribution in [0.3, 0.4) is 0 Å². The van der Waals surface area contributed by atoms with E-state index in [2.05, 4.69) is 6.92 Å². The number of esters is 1. The topological polar surface area (TPSA) is 50.1 Å². The van der Waals surface area contributed by atoms with Gasteiger partial charge in [0, 0.05) is 12.1 Å². The lowest BCUT2D eigenvalue weighted by atomic mass is 9.59. The molecule has 0 N–H and O–H groups in total. The lowest BCUT2D eigenvalue weighted by molar-refractivity contribution is -0.144. The van der Waals surface area contributed by atoms with Gasteiger partial charge in [0.05, 0.1) is 5.92 Å². The second-order valence-corrected chi connectivity index (χ2v) is 10.8. The monoisotopic (exact) mass is 457 g/mol. The number of carbonyl (C=O) groups is 1. The standard InChI is InChI=1S/C28H37F2NO2/c1-2-3-5-18-8-10-19(11-9-18)20-12-13-23-21(14-20)6-4-7-24(23)28(32)33-22-15-26(29)25(17-31)27(30)16-22/h15-16,18-21,23-24H,2-14H2,1H3. The molecular formula is C28H37F2NO2. The summed E-state index contributed by atoms with van der Waals surface area (Å²) < 4.78 is 33.3. The zero-order valence-corrected chi connectivity index (χ0v) is 19.8. The molecule has 0 heterocycles. The van der Waals surface area contributed by atoms with E-state index in [1.54, 1.807) is 0 Å². The minimum Gasteiger partial charge on any atom is -0.426 e. The van der Waals surface area contributed by atoms with Gasteiger partial charge in [-0.1, -0.05) is 51.9 Å². The second kappa shape index (κ2) is 11.0. The van der Waals surface area contributed by atoms with Gasteiger partial charge >= 0.3 is 5.97 Å². The SMILES string of the molecule is CCCCC1CCC(C2CCC3C(CCCC3C(=O)Oc3cc(F)c(C#N)c(F)c3)C2)CC1.